The van der Waals surface area contributed by atoms with Crippen LogP contribution in [-0.4, -0.2) is 26.8 Å². The molecule has 0 aliphatic carbocycles. The molecule has 1 aliphatic heterocycles. The Kier molecular flexibility index (Phi) is 5.64. The van der Waals surface area contributed by atoms with E-state index in [0.717, 1.165) is 21.3 Å². The second kappa shape index (κ2) is 8.51. The number of aliphatic hydroxyl groups is 1. The first-order valence-corrected chi connectivity index (χ1v) is 11.9. The summed E-state index contributed by atoms with van der Waals surface area (Å²) in [7, 11) is 0. The standard InChI is InChI=1S/C25H17Cl2N3O3S/c1-12-9-13(2)20-18(10-12)34-25(29-20)30-21(15-3-4-16(26)17(27)11-15)19(23(32)24(30)33)22(31)14-5-7-28-8-6-14/h3-11,21,31H,1-2H3. The van der Waals surface area contributed by atoms with Crippen LogP contribution in [0.5, 0.6) is 0 Å². The highest BCUT2D eigenvalue weighted by Gasteiger charge is 2.48. The van der Waals surface area contributed by atoms with Crippen LogP contribution in [0.15, 0.2) is 60.4 Å². The van der Waals surface area contributed by atoms with Crippen LogP contribution in [0.25, 0.3) is 16.0 Å². The maximum Gasteiger partial charge on any atom is 0.301 e. The third-order valence-electron chi connectivity index (χ3n) is 5.68. The van der Waals surface area contributed by atoms with Crippen molar-refractivity contribution in [2.24, 2.45) is 0 Å². The lowest BCUT2D eigenvalue weighted by Gasteiger charge is -2.23. The zero-order valence-electron chi connectivity index (χ0n) is 18.0. The van der Waals surface area contributed by atoms with Crippen molar-refractivity contribution in [3.63, 3.8) is 0 Å². The highest BCUT2D eigenvalue weighted by Crippen LogP contribution is 2.45. The van der Waals surface area contributed by atoms with Gasteiger partial charge in [0.2, 0.25) is 0 Å². The van der Waals surface area contributed by atoms with Gasteiger partial charge in [-0.15, -0.1) is 0 Å². The summed E-state index contributed by atoms with van der Waals surface area (Å²) in [4.78, 5) is 36.6. The lowest BCUT2D eigenvalue weighted by atomic mass is 9.95. The van der Waals surface area contributed by atoms with Crippen molar-refractivity contribution in [2.75, 3.05) is 4.90 Å². The molecule has 9 heteroatoms. The first-order chi connectivity index (χ1) is 16.3. The largest absolute Gasteiger partial charge is 0.507 e. The summed E-state index contributed by atoms with van der Waals surface area (Å²) < 4.78 is 0.899. The molecule has 2 aromatic carbocycles. The number of amides is 1. The van der Waals surface area contributed by atoms with E-state index < -0.39 is 17.7 Å². The normalized spacial score (nSPS) is 17.6. The monoisotopic (exact) mass is 509 g/mol. The molecule has 0 radical (unpaired) electrons. The second-order valence-corrected chi connectivity index (χ2v) is 9.83. The smallest absolute Gasteiger partial charge is 0.301 e. The van der Waals surface area contributed by atoms with E-state index in [1.807, 2.05) is 26.0 Å². The van der Waals surface area contributed by atoms with Crippen molar-refractivity contribution in [3.05, 3.63) is 92.7 Å². The third-order valence-corrected chi connectivity index (χ3v) is 7.42. The van der Waals surface area contributed by atoms with Crippen LogP contribution in [0.3, 0.4) is 0 Å². The summed E-state index contributed by atoms with van der Waals surface area (Å²) in [6.45, 7) is 3.94. The molecule has 3 heterocycles. The Bertz CT molecular complexity index is 1510. The third kappa shape index (κ3) is 3.66. The summed E-state index contributed by atoms with van der Waals surface area (Å²) in [5.74, 6) is -1.88. The molecule has 0 saturated carbocycles. The second-order valence-electron chi connectivity index (χ2n) is 8.00. The number of anilines is 1. The Hall–Kier alpha value is -3.26. The number of carbonyl (C=O) groups is 2. The van der Waals surface area contributed by atoms with Crippen LogP contribution in [0, 0.1) is 13.8 Å². The van der Waals surface area contributed by atoms with E-state index in [1.54, 1.807) is 30.3 Å². The molecule has 170 valence electrons. The minimum absolute atomic E-state index is 0.0539. The van der Waals surface area contributed by atoms with Crippen LogP contribution in [0.2, 0.25) is 10.0 Å². The van der Waals surface area contributed by atoms with Crippen molar-refractivity contribution in [1.82, 2.24) is 9.97 Å². The van der Waals surface area contributed by atoms with E-state index >= 15 is 0 Å². The van der Waals surface area contributed by atoms with E-state index in [-0.39, 0.29) is 16.4 Å². The van der Waals surface area contributed by atoms with Gasteiger partial charge in [-0.2, -0.15) is 0 Å². The van der Waals surface area contributed by atoms with Crippen LogP contribution in [0.4, 0.5) is 5.13 Å². The highest BCUT2D eigenvalue weighted by atomic mass is 35.5. The van der Waals surface area contributed by atoms with Gasteiger partial charge in [-0.3, -0.25) is 19.5 Å². The van der Waals surface area contributed by atoms with E-state index in [9.17, 15) is 14.7 Å². The Morgan fingerprint density at radius 1 is 1.03 bits per heavy atom. The molecule has 5 rings (SSSR count). The molecule has 0 bridgehead atoms. The lowest BCUT2D eigenvalue weighted by Crippen LogP contribution is -2.29. The molecule has 1 atom stereocenters. The average molecular weight is 510 g/mol. The molecule has 4 aromatic rings. The molecule has 0 spiro atoms. The van der Waals surface area contributed by atoms with Gasteiger partial charge in [0.05, 0.1) is 31.9 Å². The fourth-order valence-electron chi connectivity index (χ4n) is 4.15. The summed E-state index contributed by atoms with van der Waals surface area (Å²) in [6.07, 6.45) is 3.00. The fourth-order valence-corrected chi connectivity index (χ4v) is 5.63. The molecule has 1 amide bonds. The minimum atomic E-state index is -0.940. The number of halogens is 2. The van der Waals surface area contributed by atoms with Gasteiger partial charge in [0.1, 0.15) is 5.76 Å². The molecule has 1 saturated heterocycles. The molecule has 1 unspecified atom stereocenters. The number of hydrogen-bond donors (Lipinski definition) is 1. The van der Waals surface area contributed by atoms with Crippen LogP contribution >= 0.6 is 34.5 Å². The SMILES string of the molecule is Cc1cc(C)c2nc(N3C(=O)C(=O)C(=C(O)c4ccncc4)C3c3ccc(Cl)c(Cl)c3)sc2c1. The molecule has 34 heavy (non-hydrogen) atoms. The van der Waals surface area contributed by atoms with E-state index in [1.165, 1.54) is 28.6 Å². The number of benzene rings is 2. The number of fused-ring (bicyclic) bond motifs is 1. The predicted octanol–water partition coefficient (Wildman–Crippen LogP) is 6.24. The summed E-state index contributed by atoms with van der Waals surface area (Å²) in [5.41, 5.74) is 3.64. The number of pyridine rings is 1. The van der Waals surface area contributed by atoms with Crippen LogP contribution < -0.4 is 4.90 Å². The van der Waals surface area contributed by atoms with Crippen LogP contribution in [-0.2, 0) is 9.59 Å². The molecule has 1 fully saturated rings. The van der Waals surface area contributed by atoms with Crippen molar-refractivity contribution in [1.29, 1.82) is 0 Å². The van der Waals surface area contributed by atoms with Gasteiger partial charge in [-0.25, -0.2) is 4.98 Å². The average Bonchev–Trinajstić information content (AvgIpc) is 3.34. The Morgan fingerprint density at radius 3 is 2.47 bits per heavy atom. The van der Waals surface area contributed by atoms with Crippen molar-refractivity contribution in [2.45, 2.75) is 19.9 Å². The number of nitrogens with zero attached hydrogens (tertiary/aromatic N) is 3. The number of Topliss-reactive ketones (excluding diaryl/α,β-unsaturated/α-hetero) is 1. The number of carbonyl (C=O) groups excluding carboxylic acids is 2. The minimum Gasteiger partial charge on any atom is -0.507 e. The van der Waals surface area contributed by atoms with Gasteiger partial charge in [0.15, 0.2) is 5.13 Å². The lowest BCUT2D eigenvalue weighted by molar-refractivity contribution is -0.132. The predicted molar refractivity (Wildman–Crippen MR) is 135 cm³/mol. The van der Waals surface area contributed by atoms with Crippen molar-refractivity contribution >= 4 is 67.3 Å². The first kappa shape index (κ1) is 22.5. The summed E-state index contributed by atoms with van der Waals surface area (Å²) >= 11 is 13.7. The van der Waals surface area contributed by atoms with E-state index in [4.69, 9.17) is 28.2 Å². The summed E-state index contributed by atoms with van der Waals surface area (Å²) in [5, 5.41) is 12.1. The van der Waals surface area contributed by atoms with Gasteiger partial charge in [-0.05, 0) is 60.9 Å². The molecule has 1 N–H and O–H groups in total. The number of hydrogen-bond acceptors (Lipinski definition) is 6. The van der Waals surface area contributed by atoms with E-state index in [0.29, 0.717) is 21.3 Å². The maximum absolute atomic E-state index is 13.3. The van der Waals surface area contributed by atoms with Crippen molar-refractivity contribution in [3.8, 4) is 0 Å². The van der Waals surface area contributed by atoms with Gasteiger partial charge in [0, 0.05) is 18.0 Å². The summed E-state index contributed by atoms with van der Waals surface area (Å²) in [6, 6.07) is 11.1. The molecule has 1 aliphatic rings. The quantitative estimate of drug-likeness (QED) is 0.200. The Labute approximate surface area is 209 Å². The topological polar surface area (TPSA) is 83.4 Å². The van der Waals surface area contributed by atoms with Gasteiger partial charge in [0.25, 0.3) is 5.78 Å². The van der Waals surface area contributed by atoms with Gasteiger partial charge in [-0.1, -0.05) is 46.7 Å². The van der Waals surface area contributed by atoms with Crippen LogP contribution in [0.1, 0.15) is 28.3 Å². The molecule has 6 nitrogen and oxygen atoms in total. The number of thiazole rings is 1. The fraction of sp³-hybridized carbons (Fsp3) is 0.120. The zero-order valence-corrected chi connectivity index (χ0v) is 20.4. The number of aliphatic hydroxyl groups excluding tert-OH is 1. The zero-order chi connectivity index (χ0) is 24.1. The number of aryl methyl sites for hydroxylation is 2. The molecular weight excluding hydrogens is 493 g/mol. The van der Waals surface area contributed by atoms with Gasteiger partial charge < -0.3 is 5.11 Å². The van der Waals surface area contributed by atoms with E-state index in [2.05, 4.69) is 4.98 Å². The maximum atomic E-state index is 13.3. The highest BCUT2D eigenvalue weighted by molar-refractivity contribution is 7.22. The van der Waals surface area contributed by atoms with Crippen molar-refractivity contribution < 1.29 is 14.7 Å². The Morgan fingerprint density at radius 2 is 1.76 bits per heavy atom. The Balaban J connectivity index is 1.76. The number of ketones is 1. The molecule has 2 aromatic heterocycles. The molecular formula is C25H17Cl2N3O3S. The first-order valence-electron chi connectivity index (χ1n) is 10.3. The van der Waals surface area contributed by atoms with Gasteiger partial charge >= 0.3 is 5.91 Å². The number of aromatic nitrogens is 2. The number of rotatable bonds is 3.